The summed E-state index contributed by atoms with van der Waals surface area (Å²) in [5, 5.41) is 6.12. The van der Waals surface area contributed by atoms with Crippen molar-refractivity contribution in [2.75, 3.05) is 20.1 Å². The van der Waals surface area contributed by atoms with Gasteiger partial charge < -0.3 is 5.32 Å². The molecular weight excluding hydrogens is 308 g/mol. The Hall–Kier alpha value is -1.24. The lowest BCUT2D eigenvalue weighted by Crippen LogP contribution is -2.41. The fourth-order valence-corrected chi connectivity index (χ4v) is 3.84. The fraction of sp³-hybridized carbons (Fsp3) is 0.500. The molecule has 21 heavy (non-hydrogen) atoms. The molecular formula is C14H17ClN4OS. The maximum Gasteiger partial charge on any atom is 0.224 e. The lowest BCUT2D eigenvalue weighted by atomic mass is 9.97. The minimum absolute atomic E-state index is 0.0599. The highest BCUT2D eigenvalue weighted by Gasteiger charge is 2.25. The molecule has 1 amide bonds. The van der Waals surface area contributed by atoms with Crippen molar-refractivity contribution in [3.63, 3.8) is 0 Å². The Bertz CT molecular complexity index is 659. The number of thiophene rings is 1. The fourth-order valence-electron chi connectivity index (χ4n) is 2.75. The number of rotatable bonds is 3. The van der Waals surface area contributed by atoms with Gasteiger partial charge in [-0.1, -0.05) is 11.6 Å². The Balaban J connectivity index is 1.73. The van der Waals surface area contributed by atoms with Crippen LogP contribution in [0.15, 0.2) is 11.4 Å². The summed E-state index contributed by atoms with van der Waals surface area (Å²) in [5.41, 5.74) is 0. The van der Waals surface area contributed by atoms with Gasteiger partial charge in [-0.3, -0.25) is 9.69 Å². The van der Waals surface area contributed by atoms with E-state index in [2.05, 4.69) is 20.2 Å². The summed E-state index contributed by atoms with van der Waals surface area (Å²) in [6.45, 7) is 2.36. The molecule has 2 aromatic heterocycles. The zero-order chi connectivity index (χ0) is 14.8. The summed E-state index contributed by atoms with van der Waals surface area (Å²) in [6.07, 6.45) is 1.97. The van der Waals surface area contributed by atoms with Crippen LogP contribution in [0, 0.1) is 5.92 Å². The van der Waals surface area contributed by atoms with Gasteiger partial charge >= 0.3 is 0 Å². The van der Waals surface area contributed by atoms with Crippen LogP contribution in [-0.2, 0) is 11.3 Å². The van der Waals surface area contributed by atoms with Crippen LogP contribution in [0.2, 0.25) is 5.15 Å². The highest BCUT2D eigenvalue weighted by molar-refractivity contribution is 7.16. The molecule has 1 aliphatic rings. The predicted octanol–water partition coefficient (Wildman–Crippen LogP) is 2.30. The van der Waals surface area contributed by atoms with E-state index in [4.69, 9.17) is 11.6 Å². The maximum atomic E-state index is 11.8. The second-order valence-corrected chi connectivity index (χ2v) is 6.51. The van der Waals surface area contributed by atoms with Gasteiger partial charge in [0.2, 0.25) is 5.91 Å². The van der Waals surface area contributed by atoms with Gasteiger partial charge in [0.15, 0.2) is 0 Å². The quantitative estimate of drug-likeness (QED) is 0.880. The molecule has 2 aromatic rings. The summed E-state index contributed by atoms with van der Waals surface area (Å²) in [7, 11) is 1.69. The predicted molar refractivity (Wildman–Crippen MR) is 84.5 cm³/mol. The van der Waals surface area contributed by atoms with E-state index in [1.165, 1.54) is 0 Å². The molecule has 7 heteroatoms. The molecule has 0 aromatic carbocycles. The molecule has 5 nitrogen and oxygen atoms in total. The van der Waals surface area contributed by atoms with Gasteiger partial charge in [0.05, 0.1) is 12.5 Å². The van der Waals surface area contributed by atoms with Crippen LogP contribution >= 0.6 is 22.9 Å². The number of carbonyl (C=O) groups is 1. The van der Waals surface area contributed by atoms with E-state index >= 15 is 0 Å². The molecule has 0 aliphatic carbocycles. The van der Waals surface area contributed by atoms with Crippen LogP contribution in [0.5, 0.6) is 0 Å². The molecule has 0 spiro atoms. The van der Waals surface area contributed by atoms with Crippen LogP contribution in [0.25, 0.3) is 10.2 Å². The van der Waals surface area contributed by atoms with Crippen molar-refractivity contribution in [1.29, 1.82) is 0 Å². The van der Waals surface area contributed by atoms with Crippen molar-refractivity contribution in [1.82, 2.24) is 20.2 Å². The first-order chi connectivity index (χ1) is 10.2. The standard InChI is InChI=1S/C14H17ClN4OS/c1-16-13(20)9-3-2-5-19(7-9)8-11-17-12(15)10-4-6-21-14(10)18-11/h4,6,9H,2-3,5,7-8H2,1H3,(H,16,20). The van der Waals surface area contributed by atoms with Gasteiger partial charge in [0.25, 0.3) is 0 Å². The van der Waals surface area contributed by atoms with E-state index in [1.807, 2.05) is 11.4 Å². The molecule has 3 rings (SSSR count). The first kappa shape index (κ1) is 14.7. The first-order valence-electron chi connectivity index (χ1n) is 7.01. The molecule has 112 valence electrons. The van der Waals surface area contributed by atoms with Gasteiger partial charge in [0, 0.05) is 19.0 Å². The summed E-state index contributed by atoms with van der Waals surface area (Å²) >= 11 is 7.76. The Morgan fingerprint density at radius 3 is 3.24 bits per heavy atom. The van der Waals surface area contributed by atoms with Crippen LogP contribution < -0.4 is 5.32 Å². The second-order valence-electron chi connectivity index (χ2n) is 5.26. The Morgan fingerprint density at radius 1 is 1.57 bits per heavy atom. The van der Waals surface area contributed by atoms with Crippen LogP contribution in [0.4, 0.5) is 0 Å². The Labute approximate surface area is 132 Å². The summed E-state index contributed by atoms with van der Waals surface area (Å²) < 4.78 is 0. The number of amides is 1. The lowest BCUT2D eigenvalue weighted by Gasteiger charge is -2.31. The van der Waals surface area contributed by atoms with Crippen molar-refractivity contribution in [3.8, 4) is 0 Å². The largest absolute Gasteiger partial charge is 0.359 e. The average Bonchev–Trinajstić information content (AvgIpc) is 2.95. The molecule has 0 saturated carbocycles. The topological polar surface area (TPSA) is 58.1 Å². The minimum atomic E-state index is 0.0599. The molecule has 1 fully saturated rings. The number of nitrogens with one attached hydrogen (secondary N) is 1. The van der Waals surface area contributed by atoms with Gasteiger partial charge in [-0.2, -0.15) is 0 Å². The molecule has 1 atom stereocenters. The number of nitrogens with zero attached hydrogens (tertiary/aromatic N) is 3. The SMILES string of the molecule is CNC(=O)C1CCCN(Cc2nc(Cl)c3ccsc3n2)C1. The second kappa shape index (κ2) is 6.25. The summed E-state index contributed by atoms with van der Waals surface area (Å²) in [6, 6.07) is 1.94. The third-order valence-electron chi connectivity index (χ3n) is 3.81. The smallest absolute Gasteiger partial charge is 0.224 e. The number of likely N-dealkylation sites (tertiary alicyclic amines) is 1. The third kappa shape index (κ3) is 3.17. The van der Waals surface area contributed by atoms with E-state index in [1.54, 1.807) is 18.4 Å². The first-order valence-corrected chi connectivity index (χ1v) is 8.26. The van der Waals surface area contributed by atoms with Crippen molar-refractivity contribution < 1.29 is 4.79 Å². The molecule has 1 aliphatic heterocycles. The molecule has 1 saturated heterocycles. The lowest BCUT2D eigenvalue weighted by molar-refractivity contribution is -0.126. The van der Waals surface area contributed by atoms with E-state index in [9.17, 15) is 4.79 Å². The number of hydrogen-bond donors (Lipinski definition) is 1. The third-order valence-corrected chi connectivity index (χ3v) is 4.91. The normalized spacial score (nSPS) is 19.8. The Kier molecular flexibility index (Phi) is 4.37. The average molecular weight is 325 g/mol. The highest BCUT2D eigenvalue weighted by atomic mass is 35.5. The van der Waals surface area contributed by atoms with Gasteiger partial charge in [-0.05, 0) is 30.8 Å². The molecule has 1 unspecified atom stereocenters. The number of hydrogen-bond acceptors (Lipinski definition) is 5. The van der Waals surface area contributed by atoms with E-state index < -0.39 is 0 Å². The highest BCUT2D eigenvalue weighted by Crippen LogP contribution is 2.25. The summed E-state index contributed by atoms with van der Waals surface area (Å²) in [4.78, 5) is 23.9. The van der Waals surface area contributed by atoms with Gasteiger partial charge in [-0.15, -0.1) is 11.3 Å². The monoisotopic (exact) mass is 324 g/mol. The number of halogens is 1. The van der Waals surface area contributed by atoms with Crippen molar-refractivity contribution in [2.45, 2.75) is 19.4 Å². The zero-order valence-electron chi connectivity index (χ0n) is 11.8. The number of aromatic nitrogens is 2. The van der Waals surface area contributed by atoms with E-state index in [-0.39, 0.29) is 11.8 Å². The maximum absolute atomic E-state index is 11.8. The Morgan fingerprint density at radius 2 is 2.43 bits per heavy atom. The molecule has 0 radical (unpaired) electrons. The molecule has 0 bridgehead atoms. The van der Waals surface area contributed by atoms with Crippen LogP contribution in [0.3, 0.4) is 0 Å². The molecule has 1 N–H and O–H groups in total. The van der Waals surface area contributed by atoms with E-state index in [0.717, 1.165) is 42.0 Å². The van der Waals surface area contributed by atoms with Gasteiger partial charge in [0.1, 0.15) is 15.8 Å². The van der Waals surface area contributed by atoms with Crippen LogP contribution in [-0.4, -0.2) is 40.9 Å². The minimum Gasteiger partial charge on any atom is -0.359 e. The zero-order valence-corrected chi connectivity index (χ0v) is 13.4. The van der Waals surface area contributed by atoms with Gasteiger partial charge in [-0.25, -0.2) is 9.97 Å². The molecule has 3 heterocycles. The number of carbonyl (C=O) groups excluding carboxylic acids is 1. The summed E-state index contributed by atoms with van der Waals surface area (Å²) in [5.74, 6) is 0.907. The van der Waals surface area contributed by atoms with Crippen LogP contribution in [0.1, 0.15) is 18.7 Å². The van der Waals surface area contributed by atoms with E-state index in [0.29, 0.717) is 11.7 Å². The van der Waals surface area contributed by atoms with Crippen molar-refractivity contribution in [3.05, 3.63) is 22.4 Å². The number of fused-ring (bicyclic) bond motifs is 1. The van der Waals surface area contributed by atoms with Crippen molar-refractivity contribution in [2.24, 2.45) is 5.92 Å². The number of piperidine rings is 1. The van der Waals surface area contributed by atoms with Crippen molar-refractivity contribution >= 4 is 39.1 Å².